The van der Waals surface area contributed by atoms with Crippen molar-refractivity contribution >= 4 is 11.9 Å². The molecule has 7 nitrogen and oxygen atoms in total. The van der Waals surface area contributed by atoms with Gasteiger partial charge in [-0.05, 0) is 27.7 Å². The largest absolute Gasteiger partial charge is 0.459 e. The lowest BCUT2D eigenvalue weighted by Gasteiger charge is -2.31. The lowest BCUT2D eigenvalue weighted by Crippen LogP contribution is -2.45. The van der Waals surface area contributed by atoms with E-state index in [2.05, 4.69) is 0 Å². The maximum Gasteiger partial charge on any atom is 0.333 e. The third kappa shape index (κ3) is 3.44. The molecule has 2 saturated heterocycles. The maximum absolute atomic E-state index is 12.4. The highest BCUT2D eigenvalue weighted by Gasteiger charge is 2.68. The van der Waals surface area contributed by atoms with Crippen LogP contribution in [0.25, 0.3) is 0 Å². The van der Waals surface area contributed by atoms with E-state index in [9.17, 15) is 19.8 Å². The fourth-order valence-corrected chi connectivity index (χ4v) is 4.14. The SMILES string of the molecule is C/C=C(\C)C(=O)O[C@@H]1C/C(C)=C\[C@@H](O)[C@H](O)[C@]2(C)O[C@@H]2[C@@H]2OC(=O)[C@H](C)[C@H]21. The Morgan fingerprint density at radius 1 is 1.41 bits per heavy atom. The first-order valence-electron chi connectivity index (χ1n) is 9.35. The monoisotopic (exact) mass is 380 g/mol. The number of carbonyl (C=O) groups is 2. The number of fused-ring (bicyclic) bond motifs is 3. The molecule has 0 amide bonds. The Labute approximate surface area is 159 Å². The predicted octanol–water partition coefficient (Wildman–Crippen LogP) is 1.27. The van der Waals surface area contributed by atoms with Crippen LogP contribution in [0.3, 0.4) is 0 Å². The van der Waals surface area contributed by atoms with E-state index in [1.165, 1.54) is 0 Å². The number of rotatable bonds is 2. The summed E-state index contributed by atoms with van der Waals surface area (Å²) in [6.45, 7) is 8.67. The lowest BCUT2D eigenvalue weighted by molar-refractivity contribution is -0.149. The normalized spacial score (nSPS) is 46.5. The van der Waals surface area contributed by atoms with Crippen LogP contribution in [0, 0.1) is 11.8 Å². The van der Waals surface area contributed by atoms with Gasteiger partial charge in [-0.1, -0.05) is 24.6 Å². The van der Waals surface area contributed by atoms with Crippen LogP contribution < -0.4 is 0 Å². The number of carbonyl (C=O) groups excluding carboxylic acids is 2. The number of epoxide rings is 1. The van der Waals surface area contributed by atoms with Crippen LogP contribution in [-0.2, 0) is 23.8 Å². The van der Waals surface area contributed by atoms with Crippen molar-refractivity contribution < 1.29 is 34.0 Å². The highest BCUT2D eigenvalue weighted by atomic mass is 16.7. The summed E-state index contributed by atoms with van der Waals surface area (Å²) in [4.78, 5) is 24.7. The van der Waals surface area contributed by atoms with E-state index in [-0.39, 0.29) is 5.97 Å². The van der Waals surface area contributed by atoms with Gasteiger partial charge >= 0.3 is 11.9 Å². The van der Waals surface area contributed by atoms with Gasteiger partial charge in [-0.3, -0.25) is 4.79 Å². The van der Waals surface area contributed by atoms with Crippen molar-refractivity contribution in [3.8, 4) is 0 Å². The maximum atomic E-state index is 12.4. The number of esters is 2. The third-order valence-corrected chi connectivity index (χ3v) is 6.10. The number of aliphatic hydroxyl groups is 2. The molecule has 2 aliphatic heterocycles. The second-order valence-electron chi connectivity index (χ2n) is 8.06. The van der Waals surface area contributed by atoms with Gasteiger partial charge in [-0.25, -0.2) is 4.79 Å². The highest BCUT2D eigenvalue weighted by Crippen LogP contribution is 2.50. The summed E-state index contributed by atoms with van der Waals surface area (Å²) in [5, 5.41) is 20.8. The molecular weight excluding hydrogens is 352 g/mol. The highest BCUT2D eigenvalue weighted by molar-refractivity contribution is 5.87. The van der Waals surface area contributed by atoms with Crippen LogP contribution in [0.1, 0.15) is 41.0 Å². The molecule has 0 bridgehead atoms. The summed E-state index contributed by atoms with van der Waals surface area (Å²) in [5.41, 5.74) is 0.214. The molecule has 1 aliphatic carbocycles. The molecule has 2 fully saturated rings. The van der Waals surface area contributed by atoms with Crippen LogP contribution in [-0.4, -0.2) is 58.3 Å². The molecule has 0 radical (unpaired) electrons. The Kier molecular flexibility index (Phi) is 5.22. The van der Waals surface area contributed by atoms with Gasteiger partial charge in [-0.2, -0.15) is 0 Å². The molecule has 7 heteroatoms. The lowest BCUT2D eigenvalue weighted by atomic mass is 9.78. The molecule has 0 spiro atoms. The third-order valence-electron chi connectivity index (χ3n) is 6.10. The van der Waals surface area contributed by atoms with E-state index in [1.807, 2.05) is 0 Å². The summed E-state index contributed by atoms with van der Waals surface area (Å²) < 4.78 is 17.0. The van der Waals surface area contributed by atoms with Gasteiger partial charge in [0, 0.05) is 17.9 Å². The topological polar surface area (TPSA) is 106 Å². The molecule has 2 heterocycles. The fraction of sp³-hybridized carbons (Fsp3) is 0.700. The molecule has 3 rings (SSSR count). The average Bonchev–Trinajstić information content (AvgIpc) is 3.21. The van der Waals surface area contributed by atoms with E-state index in [4.69, 9.17) is 14.2 Å². The van der Waals surface area contributed by atoms with E-state index in [0.717, 1.165) is 5.57 Å². The Morgan fingerprint density at radius 3 is 2.70 bits per heavy atom. The molecule has 2 N–H and O–H groups in total. The smallest absolute Gasteiger partial charge is 0.333 e. The van der Waals surface area contributed by atoms with Gasteiger partial charge in [0.15, 0.2) is 0 Å². The van der Waals surface area contributed by atoms with Crippen LogP contribution >= 0.6 is 0 Å². The molecule has 0 unspecified atom stereocenters. The quantitative estimate of drug-likeness (QED) is 0.322. The Balaban J connectivity index is 1.99. The Bertz CT molecular complexity index is 696. The van der Waals surface area contributed by atoms with E-state index in [1.54, 1.807) is 46.8 Å². The van der Waals surface area contributed by atoms with Crippen molar-refractivity contribution in [2.45, 2.75) is 77.2 Å². The first-order chi connectivity index (χ1) is 12.6. The summed E-state index contributed by atoms with van der Waals surface area (Å²) in [5.74, 6) is -1.69. The van der Waals surface area contributed by atoms with Crippen molar-refractivity contribution in [1.82, 2.24) is 0 Å². The number of hydrogen-bond acceptors (Lipinski definition) is 7. The Hall–Kier alpha value is -1.70. The molecule has 8 atom stereocenters. The zero-order valence-electron chi connectivity index (χ0n) is 16.3. The standard InChI is InChI=1S/C20H28O7/c1-6-10(3)18(23)25-13-8-9(2)7-12(21)16(22)20(5)17(27-20)15-14(13)11(4)19(24)26-15/h6-7,11-17,21-22H,8H2,1-5H3/b9-7-,10-6+/t11-,12-,13-,14+,15-,16+,17-,20+/m1/s1. The van der Waals surface area contributed by atoms with Gasteiger partial charge in [0.2, 0.25) is 0 Å². The number of allylic oxidation sites excluding steroid dienone is 1. The van der Waals surface area contributed by atoms with E-state index in [0.29, 0.717) is 12.0 Å². The van der Waals surface area contributed by atoms with Crippen LogP contribution in [0.4, 0.5) is 0 Å². The van der Waals surface area contributed by atoms with Gasteiger partial charge in [-0.15, -0.1) is 0 Å². The first-order valence-corrected chi connectivity index (χ1v) is 9.35. The summed E-state index contributed by atoms with van der Waals surface area (Å²) in [7, 11) is 0. The molecule has 150 valence electrons. The minimum Gasteiger partial charge on any atom is -0.459 e. The van der Waals surface area contributed by atoms with Crippen LogP contribution in [0.5, 0.6) is 0 Å². The van der Waals surface area contributed by atoms with Crippen molar-refractivity contribution in [1.29, 1.82) is 0 Å². The van der Waals surface area contributed by atoms with Crippen molar-refractivity contribution in [2.24, 2.45) is 11.8 Å². The molecule has 0 aromatic carbocycles. The van der Waals surface area contributed by atoms with Gasteiger partial charge in [0.05, 0.1) is 5.92 Å². The molecular formula is C20H28O7. The molecule has 0 saturated carbocycles. The molecule has 27 heavy (non-hydrogen) atoms. The van der Waals surface area contributed by atoms with Crippen molar-refractivity contribution in [3.05, 3.63) is 23.3 Å². The van der Waals surface area contributed by atoms with Crippen LogP contribution in [0.2, 0.25) is 0 Å². The minimum atomic E-state index is -1.14. The fourth-order valence-electron chi connectivity index (χ4n) is 4.14. The number of ether oxygens (including phenoxy) is 3. The zero-order valence-corrected chi connectivity index (χ0v) is 16.3. The van der Waals surface area contributed by atoms with E-state index >= 15 is 0 Å². The van der Waals surface area contributed by atoms with Crippen molar-refractivity contribution in [2.75, 3.05) is 0 Å². The van der Waals surface area contributed by atoms with Gasteiger partial charge in [0.25, 0.3) is 0 Å². The van der Waals surface area contributed by atoms with Gasteiger partial charge < -0.3 is 24.4 Å². The second-order valence-corrected chi connectivity index (χ2v) is 8.06. The number of hydrogen-bond donors (Lipinski definition) is 2. The first kappa shape index (κ1) is 20.0. The van der Waals surface area contributed by atoms with Gasteiger partial charge in [0.1, 0.15) is 36.1 Å². The minimum absolute atomic E-state index is 0.331. The molecule has 0 aromatic rings. The summed E-state index contributed by atoms with van der Waals surface area (Å²) in [6.07, 6.45) is -0.517. The second kappa shape index (κ2) is 7.04. The zero-order chi connectivity index (χ0) is 20.1. The van der Waals surface area contributed by atoms with E-state index < -0.39 is 53.9 Å². The molecule has 3 aliphatic rings. The number of aliphatic hydroxyl groups excluding tert-OH is 2. The molecule has 0 aromatic heterocycles. The predicted molar refractivity (Wildman–Crippen MR) is 95.5 cm³/mol. The van der Waals surface area contributed by atoms with Crippen LogP contribution in [0.15, 0.2) is 23.3 Å². The average molecular weight is 380 g/mol. The summed E-state index contributed by atoms with van der Waals surface area (Å²) >= 11 is 0. The Morgan fingerprint density at radius 2 is 2.07 bits per heavy atom. The van der Waals surface area contributed by atoms with Crippen molar-refractivity contribution in [3.63, 3.8) is 0 Å². The summed E-state index contributed by atoms with van der Waals surface area (Å²) in [6, 6.07) is 0.